The van der Waals surface area contributed by atoms with Crippen LogP contribution in [-0.2, 0) is 0 Å². The second-order valence-corrected chi connectivity index (χ2v) is 7.29. The standard InChI is InChI=1S/4C7H6O3.2Na.2H/c4*8-6-4-2-1-3-5(6)7(9)10;;;;/h4*1-4,8H,(H,9,10);;;;. The van der Waals surface area contributed by atoms with Gasteiger partial charge in [-0.1, -0.05) is 48.5 Å². The van der Waals surface area contributed by atoms with E-state index in [1.165, 1.54) is 48.5 Å². The summed E-state index contributed by atoms with van der Waals surface area (Å²) in [6, 6.07) is 23.2. The van der Waals surface area contributed by atoms with Gasteiger partial charge in [-0.3, -0.25) is 0 Å². The minimum absolute atomic E-state index is 0. The molecule has 212 valence electrons. The number of benzene rings is 4. The maximum absolute atomic E-state index is 10.3. The number of para-hydroxylation sites is 4. The van der Waals surface area contributed by atoms with Crippen LogP contribution in [0.5, 0.6) is 23.0 Å². The van der Waals surface area contributed by atoms with Crippen molar-refractivity contribution in [1.29, 1.82) is 0 Å². The fourth-order valence-corrected chi connectivity index (χ4v) is 2.62. The Morgan fingerprint density at radius 2 is 0.476 bits per heavy atom. The first kappa shape index (κ1) is 40.1. The predicted octanol–water partition coefficient (Wildman–Crippen LogP) is 3.06. The van der Waals surface area contributed by atoms with Crippen LogP contribution in [-0.4, -0.2) is 124 Å². The molecule has 42 heavy (non-hydrogen) atoms. The van der Waals surface area contributed by atoms with Gasteiger partial charge >= 0.3 is 83.0 Å². The van der Waals surface area contributed by atoms with Gasteiger partial charge in [0.1, 0.15) is 45.3 Å². The molecule has 8 N–H and O–H groups in total. The van der Waals surface area contributed by atoms with E-state index < -0.39 is 23.9 Å². The molecule has 0 amide bonds. The van der Waals surface area contributed by atoms with Crippen molar-refractivity contribution in [1.82, 2.24) is 0 Å². The number of rotatable bonds is 4. The molecule has 0 heterocycles. The molecule has 0 saturated carbocycles. The van der Waals surface area contributed by atoms with E-state index in [1.807, 2.05) is 0 Å². The van der Waals surface area contributed by atoms with Crippen LogP contribution in [0, 0.1) is 0 Å². The number of aromatic hydroxyl groups is 4. The van der Waals surface area contributed by atoms with Crippen LogP contribution < -0.4 is 0 Å². The summed E-state index contributed by atoms with van der Waals surface area (Å²) < 4.78 is 0. The minimum atomic E-state index is -1.11. The zero-order valence-corrected chi connectivity index (χ0v) is 20.4. The first-order chi connectivity index (χ1) is 18.9. The Hall–Kier alpha value is -4.04. The van der Waals surface area contributed by atoms with Crippen molar-refractivity contribution in [3.05, 3.63) is 119 Å². The van der Waals surface area contributed by atoms with Gasteiger partial charge in [-0.2, -0.15) is 0 Å². The van der Waals surface area contributed by atoms with E-state index in [0.29, 0.717) is 0 Å². The van der Waals surface area contributed by atoms with E-state index >= 15 is 0 Å². The van der Waals surface area contributed by atoms with E-state index in [4.69, 9.17) is 40.9 Å². The fraction of sp³-hybridized carbons (Fsp3) is 0. The number of carbonyl (C=O) groups is 4. The number of carboxylic acid groups (broad SMARTS) is 4. The molecule has 4 rings (SSSR count). The summed E-state index contributed by atoms with van der Waals surface area (Å²) in [7, 11) is 0. The zero-order valence-electron chi connectivity index (χ0n) is 20.4. The van der Waals surface area contributed by atoms with Crippen molar-refractivity contribution in [3.8, 4) is 23.0 Å². The molecule has 0 aliphatic rings. The fourth-order valence-electron chi connectivity index (χ4n) is 2.62. The monoisotopic (exact) mass is 600 g/mol. The van der Waals surface area contributed by atoms with Gasteiger partial charge in [-0.25, -0.2) is 19.2 Å². The molecule has 0 unspecified atom stereocenters. The van der Waals surface area contributed by atoms with Crippen LogP contribution in [0.25, 0.3) is 0 Å². The molecule has 0 atom stereocenters. The van der Waals surface area contributed by atoms with Gasteiger partial charge in [0.15, 0.2) is 0 Å². The molecular formula is C28H26Na2O12. The van der Waals surface area contributed by atoms with Crippen molar-refractivity contribution in [2.75, 3.05) is 0 Å². The van der Waals surface area contributed by atoms with Crippen molar-refractivity contribution in [2.24, 2.45) is 0 Å². The molecule has 0 bridgehead atoms. The first-order valence-electron chi connectivity index (χ1n) is 10.9. The van der Waals surface area contributed by atoms with Gasteiger partial charge in [0.2, 0.25) is 0 Å². The molecule has 14 heteroatoms. The van der Waals surface area contributed by atoms with Crippen LogP contribution in [0.1, 0.15) is 41.4 Å². The van der Waals surface area contributed by atoms with Gasteiger partial charge in [0, 0.05) is 0 Å². The van der Waals surface area contributed by atoms with Gasteiger partial charge in [0.25, 0.3) is 0 Å². The molecule has 12 nitrogen and oxygen atoms in total. The Morgan fingerprint density at radius 1 is 0.333 bits per heavy atom. The topological polar surface area (TPSA) is 230 Å². The Morgan fingerprint density at radius 3 is 0.571 bits per heavy atom. The van der Waals surface area contributed by atoms with E-state index in [1.54, 1.807) is 48.5 Å². The molecule has 0 radical (unpaired) electrons. The summed E-state index contributed by atoms with van der Waals surface area (Å²) in [4.78, 5) is 41.0. The Bertz CT molecular complexity index is 1250. The average Bonchev–Trinajstić information content (AvgIpc) is 2.90. The van der Waals surface area contributed by atoms with Crippen molar-refractivity contribution in [2.45, 2.75) is 0 Å². The van der Waals surface area contributed by atoms with Crippen LogP contribution in [0.3, 0.4) is 0 Å². The van der Waals surface area contributed by atoms with Gasteiger partial charge < -0.3 is 40.9 Å². The number of hydrogen-bond donors (Lipinski definition) is 8. The zero-order chi connectivity index (χ0) is 30.2. The third kappa shape index (κ3) is 14.0. The van der Waals surface area contributed by atoms with Crippen LogP contribution in [0.4, 0.5) is 0 Å². The molecule has 4 aromatic rings. The summed E-state index contributed by atoms with van der Waals surface area (Å²) in [5, 5.41) is 69.2. The second kappa shape index (κ2) is 20.8. The van der Waals surface area contributed by atoms with Crippen molar-refractivity contribution < 1.29 is 60.0 Å². The normalized spacial score (nSPS) is 8.76. The molecule has 0 fully saturated rings. The first-order valence-corrected chi connectivity index (χ1v) is 10.9. The van der Waals surface area contributed by atoms with E-state index in [2.05, 4.69) is 0 Å². The van der Waals surface area contributed by atoms with Gasteiger partial charge in [-0.05, 0) is 48.5 Å². The molecule has 0 aromatic heterocycles. The van der Waals surface area contributed by atoms with E-state index in [-0.39, 0.29) is 104 Å². The molecule has 0 aliphatic carbocycles. The third-order valence-electron chi connectivity index (χ3n) is 4.54. The van der Waals surface area contributed by atoms with Gasteiger partial charge in [0.05, 0.1) is 0 Å². The van der Waals surface area contributed by atoms with Crippen LogP contribution in [0.2, 0.25) is 0 Å². The Labute approximate surface area is 283 Å². The van der Waals surface area contributed by atoms with Crippen LogP contribution >= 0.6 is 0 Å². The molecular weight excluding hydrogens is 574 g/mol. The van der Waals surface area contributed by atoms with Crippen LogP contribution in [0.15, 0.2) is 97.1 Å². The Kier molecular flexibility index (Phi) is 19.8. The third-order valence-corrected chi connectivity index (χ3v) is 4.54. The summed E-state index contributed by atoms with van der Waals surface area (Å²) in [6.45, 7) is 0. The number of carboxylic acids is 4. The molecule has 0 saturated heterocycles. The SMILES string of the molecule is O=C(O)c1ccccc1O.O=C(O)c1ccccc1O.O=C(O)c1ccccc1O.O=C(O)c1ccccc1O.[NaH].[NaH]. The van der Waals surface area contributed by atoms with Crippen molar-refractivity contribution >= 4 is 83.0 Å². The van der Waals surface area contributed by atoms with Crippen molar-refractivity contribution in [3.63, 3.8) is 0 Å². The van der Waals surface area contributed by atoms with E-state index in [9.17, 15) is 19.2 Å². The summed E-state index contributed by atoms with van der Waals surface area (Å²) >= 11 is 0. The number of phenols is 4. The Balaban J connectivity index is 0. The maximum atomic E-state index is 10.3. The summed E-state index contributed by atoms with van der Waals surface area (Å²) in [5.41, 5.74) is -0.269. The molecule has 0 aliphatic heterocycles. The second-order valence-electron chi connectivity index (χ2n) is 7.29. The summed E-state index contributed by atoms with van der Waals surface area (Å²) in [5.74, 6) is -5.25. The van der Waals surface area contributed by atoms with E-state index in [0.717, 1.165) is 0 Å². The number of hydrogen-bond acceptors (Lipinski definition) is 8. The van der Waals surface area contributed by atoms with Gasteiger partial charge in [-0.15, -0.1) is 0 Å². The molecule has 0 spiro atoms. The predicted molar refractivity (Wildman–Crippen MR) is 155 cm³/mol. The number of aromatic carboxylic acids is 4. The quantitative estimate of drug-likeness (QED) is 0.158. The summed E-state index contributed by atoms with van der Waals surface area (Å²) in [6.07, 6.45) is 0. The average molecular weight is 600 g/mol. The molecule has 4 aromatic carbocycles.